The molecule has 0 aliphatic carbocycles. The fourth-order valence-corrected chi connectivity index (χ4v) is 3.81. The van der Waals surface area contributed by atoms with E-state index < -0.39 is 0 Å². The summed E-state index contributed by atoms with van der Waals surface area (Å²) in [5.74, 6) is 1.18. The summed E-state index contributed by atoms with van der Waals surface area (Å²) in [7, 11) is 0. The zero-order chi connectivity index (χ0) is 21.3. The van der Waals surface area contributed by atoms with Gasteiger partial charge in [-0.2, -0.15) is 0 Å². The number of rotatable bonds is 3. The van der Waals surface area contributed by atoms with Gasteiger partial charge in [-0.1, -0.05) is 17.7 Å². The molecule has 2 saturated heterocycles. The van der Waals surface area contributed by atoms with Gasteiger partial charge in [-0.05, 0) is 57.3 Å². The highest BCUT2D eigenvalue weighted by atomic mass is 35.5. The summed E-state index contributed by atoms with van der Waals surface area (Å²) in [5, 5.41) is 3.89. The second kappa shape index (κ2) is 12.8. The van der Waals surface area contributed by atoms with E-state index >= 15 is 0 Å². The Balaban J connectivity index is 0.000000322. The van der Waals surface area contributed by atoms with Crippen LogP contribution in [0.4, 0.5) is 0 Å². The molecule has 9 heteroatoms. The van der Waals surface area contributed by atoms with Crippen LogP contribution in [0.2, 0.25) is 5.15 Å². The van der Waals surface area contributed by atoms with Crippen molar-refractivity contribution in [1.29, 1.82) is 0 Å². The lowest BCUT2D eigenvalue weighted by molar-refractivity contribution is -0.129. The Bertz CT molecular complexity index is 787. The third-order valence-electron chi connectivity index (χ3n) is 5.46. The molecule has 170 valence electrons. The normalized spacial score (nSPS) is 17.2. The summed E-state index contributed by atoms with van der Waals surface area (Å²) < 4.78 is 6.12. The van der Waals surface area contributed by atoms with Crippen LogP contribution in [-0.4, -0.2) is 58.0 Å². The van der Waals surface area contributed by atoms with Gasteiger partial charge in [0.15, 0.2) is 0 Å². The average Bonchev–Trinajstić information content (AvgIpc) is 2.77. The Kier molecular flexibility index (Phi) is 10.4. The summed E-state index contributed by atoms with van der Waals surface area (Å²) >= 11 is 5.50. The monoisotopic (exact) mass is 467 g/mol. The number of halogens is 2. The van der Waals surface area contributed by atoms with Gasteiger partial charge in [-0.3, -0.25) is 9.78 Å². The van der Waals surface area contributed by atoms with E-state index in [1.54, 1.807) is 31.6 Å². The Morgan fingerprint density at radius 2 is 1.77 bits per heavy atom. The first-order valence-electron chi connectivity index (χ1n) is 10.5. The molecule has 1 N–H and O–H groups in total. The Morgan fingerprint density at radius 1 is 1.10 bits per heavy atom. The lowest BCUT2D eigenvalue weighted by Crippen LogP contribution is -2.37. The van der Waals surface area contributed by atoms with E-state index in [0.717, 1.165) is 63.1 Å². The van der Waals surface area contributed by atoms with Crippen LogP contribution in [0.1, 0.15) is 49.8 Å². The van der Waals surface area contributed by atoms with Crippen LogP contribution in [0.15, 0.2) is 30.7 Å². The summed E-state index contributed by atoms with van der Waals surface area (Å²) in [5.41, 5.74) is 2.10. The van der Waals surface area contributed by atoms with Gasteiger partial charge < -0.3 is 15.0 Å². The number of hydrogen-bond donors (Lipinski definition) is 1. The number of ether oxygens (including phenoxy) is 1. The van der Waals surface area contributed by atoms with Crippen LogP contribution in [0.25, 0.3) is 0 Å². The number of aromatic nitrogens is 3. The van der Waals surface area contributed by atoms with E-state index in [4.69, 9.17) is 16.3 Å². The number of amides is 1. The lowest BCUT2D eigenvalue weighted by Gasteiger charge is -2.32. The molecule has 4 heterocycles. The van der Waals surface area contributed by atoms with Crippen LogP contribution in [-0.2, 0) is 4.79 Å². The van der Waals surface area contributed by atoms with Gasteiger partial charge in [0.25, 0.3) is 0 Å². The molecule has 0 atom stereocenters. The number of pyridine rings is 1. The maximum atomic E-state index is 11.4. The van der Waals surface area contributed by atoms with Crippen LogP contribution >= 0.6 is 24.0 Å². The van der Waals surface area contributed by atoms with E-state index in [1.165, 1.54) is 0 Å². The van der Waals surface area contributed by atoms with Gasteiger partial charge in [0.2, 0.25) is 11.8 Å². The topological polar surface area (TPSA) is 80.2 Å². The minimum Gasteiger partial charge on any atom is -0.473 e. The molecule has 0 aromatic carbocycles. The van der Waals surface area contributed by atoms with Crippen molar-refractivity contribution in [3.8, 4) is 5.88 Å². The van der Waals surface area contributed by atoms with Crippen molar-refractivity contribution in [2.45, 2.75) is 51.6 Å². The molecule has 0 unspecified atom stereocenters. The summed E-state index contributed by atoms with van der Waals surface area (Å²) in [4.78, 5) is 26.1. The molecule has 2 aromatic heterocycles. The fourth-order valence-electron chi connectivity index (χ4n) is 3.70. The van der Waals surface area contributed by atoms with Gasteiger partial charge in [0.1, 0.15) is 17.0 Å². The number of nitrogens with zero attached hydrogens (tertiary/aromatic N) is 4. The first-order chi connectivity index (χ1) is 14.5. The predicted molar refractivity (Wildman–Crippen MR) is 124 cm³/mol. The molecule has 0 radical (unpaired) electrons. The molecular weight excluding hydrogens is 437 g/mol. The van der Waals surface area contributed by atoms with Crippen LogP contribution in [0.5, 0.6) is 5.88 Å². The molecule has 0 bridgehead atoms. The third kappa shape index (κ3) is 7.91. The van der Waals surface area contributed by atoms with Crippen LogP contribution < -0.4 is 10.1 Å². The van der Waals surface area contributed by atoms with E-state index in [1.807, 2.05) is 17.9 Å². The molecule has 2 aromatic rings. The minimum absolute atomic E-state index is 0. The van der Waals surface area contributed by atoms with Crippen molar-refractivity contribution >= 4 is 29.9 Å². The van der Waals surface area contributed by atoms with E-state index in [0.29, 0.717) is 17.0 Å². The number of likely N-dealkylation sites (tertiary alicyclic amines) is 1. The number of aryl methyl sites for hydroxylation is 1. The van der Waals surface area contributed by atoms with E-state index in [2.05, 4.69) is 20.3 Å². The van der Waals surface area contributed by atoms with Gasteiger partial charge in [0, 0.05) is 44.5 Å². The molecule has 2 aliphatic heterocycles. The molecular formula is C22H31Cl2N5O2. The van der Waals surface area contributed by atoms with Gasteiger partial charge in [-0.15, -0.1) is 12.4 Å². The van der Waals surface area contributed by atoms with Crippen molar-refractivity contribution < 1.29 is 9.53 Å². The zero-order valence-electron chi connectivity index (χ0n) is 18.1. The summed E-state index contributed by atoms with van der Waals surface area (Å²) in [6, 6.07) is 3.70. The predicted octanol–water partition coefficient (Wildman–Crippen LogP) is 3.80. The van der Waals surface area contributed by atoms with E-state index in [-0.39, 0.29) is 24.4 Å². The smallest absolute Gasteiger partial charge is 0.236 e. The second-order valence-corrected chi connectivity index (χ2v) is 8.14. The Labute approximate surface area is 195 Å². The largest absolute Gasteiger partial charge is 0.473 e. The maximum absolute atomic E-state index is 11.4. The summed E-state index contributed by atoms with van der Waals surface area (Å²) in [6.07, 6.45) is 9.29. The first kappa shape index (κ1) is 25.3. The van der Waals surface area contributed by atoms with Crippen molar-refractivity contribution in [2.75, 3.05) is 26.2 Å². The minimum atomic E-state index is 0. The molecule has 4 rings (SSSR count). The highest BCUT2D eigenvalue weighted by Crippen LogP contribution is 2.32. The van der Waals surface area contributed by atoms with Crippen LogP contribution in [0, 0.1) is 6.92 Å². The number of carbonyl (C=O) groups is 1. The molecule has 31 heavy (non-hydrogen) atoms. The third-order valence-corrected chi connectivity index (χ3v) is 5.68. The van der Waals surface area contributed by atoms with Gasteiger partial charge >= 0.3 is 0 Å². The number of nitrogens with one attached hydrogen (secondary N) is 1. The van der Waals surface area contributed by atoms with Crippen molar-refractivity contribution in [1.82, 2.24) is 25.2 Å². The molecule has 0 spiro atoms. The number of carbonyl (C=O) groups excluding carboxylic acids is 1. The van der Waals surface area contributed by atoms with Crippen LogP contribution in [0.3, 0.4) is 0 Å². The van der Waals surface area contributed by atoms with E-state index in [9.17, 15) is 4.79 Å². The van der Waals surface area contributed by atoms with Crippen molar-refractivity contribution in [3.63, 3.8) is 0 Å². The van der Waals surface area contributed by atoms with Gasteiger partial charge in [0.05, 0.1) is 0 Å². The molecule has 1 amide bonds. The highest BCUT2D eigenvalue weighted by Gasteiger charge is 2.27. The zero-order valence-corrected chi connectivity index (χ0v) is 19.7. The second-order valence-electron chi connectivity index (χ2n) is 7.75. The number of piperidine rings is 2. The lowest BCUT2D eigenvalue weighted by atomic mass is 9.93. The quantitative estimate of drug-likeness (QED) is 0.691. The molecule has 2 fully saturated rings. The molecule has 7 nitrogen and oxygen atoms in total. The molecule has 2 aliphatic rings. The highest BCUT2D eigenvalue weighted by molar-refractivity contribution is 6.29. The standard InChI is InChI=1S/C16H24N4O2.C6H6ClN.ClH/c1-12(21)20-10-4-13(5-11-20)15-16(19-9-8-18-15)22-14-2-6-17-7-3-14;1-5-2-3-6(7)8-4-5;/h8-9,13-14,17H,2-7,10-11H2,1H3;2-4H,1H3;1H. The fraction of sp³-hybridized carbons (Fsp3) is 0.545. The Hall–Kier alpha value is -1.96. The first-order valence-corrected chi connectivity index (χ1v) is 10.9. The van der Waals surface area contributed by atoms with Gasteiger partial charge in [-0.25, -0.2) is 9.97 Å². The average molecular weight is 468 g/mol. The Morgan fingerprint density at radius 3 is 2.35 bits per heavy atom. The van der Waals surface area contributed by atoms with Crippen molar-refractivity contribution in [2.24, 2.45) is 0 Å². The SMILES string of the molecule is CC(=O)N1CCC(c2nccnc2OC2CCNCC2)CC1.Cc1ccc(Cl)nc1.Cl. The molecule has 0 saturated carbocycles. The number of hydrogen-bond acceptors (Lipinski definition) is 6. The maximum Gasteiger partial charge on any atom is 0.236 e. The van der Waals surface area contributed by atoms with Crippen molar-refractivity contribution in [3.05, 3.63) is 47.1 Å². The summed E-state index contributed by atoms with van der Waals surface area (Å²) in [6.45, 7) is 7.19.